The molecule has 0 aliphatic carbocycles. The molecule has 0 spiro atoms. The Bertz CT molecular complexity index is 701. The first kappa shape index (κ1) is 10.8. The van der Waals surface area contributed by atoms with Gasteiger partial charge in [0, 0.05) is 19.7 Å². The zero-order chi connectivity index (χ0) is 12.5. The molecule has 0 saturated heterocycles. The molecule has 1 aromatic heterocycles. The lowest BCUT2D eigenvalue weighted by molar-refractivity contribution is 0.561. The number of aromatic nitrogens is 1. The smallest absolute Gasteiger partial charge is 0.192 e. The van der Waals surface area contributed by atoms with Crippen molar-refractivity contribution >= 4 is 16.8 Å². The van der Waals surface area contributed by atoms with Crippen molar-refractivity contribution < 1.29 is 4.42 Å². The Morgan fingerprint density at radius 1 is 1.06 bits per heavy atom. The van der Waals surface area contributed by atoms with Crippen molar-refractivity contribution in [1.29, 1.82) is 0 Å². The van der Waals surface area contributed by atoms with Gasteiger partial charge in [-0.15, -0.1) is 0 Å². The van der Waals surface area contributed by atoms with Gasteiger partial charge in [0.25, 0.3) is 0 Å². The summed E-state index contributed by atoms with van der Waals surface area (Å²) in [7, 11) is 1.92. The first-order chi connectivity index (χ1) is 8.76. The van der Waals surface area contributed by atoms with E-state index in [1.54, 1.807) is 0 Å². The highest BCUT2D eigenvalue weighted by Gasteiger charge is 2.05. The molecule has 0 radical (unpaired) electrons. The first-order valence-electron chi connectivity index (χ1n) is 5.91. The van der Waals surface area contributed by atoms with Crippen molar-refractivity contribution in [2.45, 2.75) is 6.92 Å². The molecule has 0 fully saturated rings. The highest BCUT2D eigenvalue weighted by Crippen LogP contribution is 2.26. The number of benzene rings is 2. The fourth-order valence-electron chi connectivity index (χ4n) is 2.08. The molecule has 0 saturated carbocycles. The number of hydrogen-bond donors (Lipinski definition) is 1. The second-order valence-corrected chi connectivity index (χ2v) is 4.25. The Hall–Kier alpha value is -2.29. The largest absolute Gasteiger partial charge is 0.441 e. The summed E-state index contributed by atoms with van der Waals surface area (Å²) in [5.74, 6) is 0.700. The summed E-state index contributed by atoms with van der Waals surface area (Å²) in [5.41, 5.74) is 5.15. The number of aryl methyl sites for hydroxylation is 1. The Labute approximate surface area is 105 Å². The molecular formula is C15H14N2O. The summed E-state index contributed by atoms with van der Waals surface area (Å²) in [6.45, 7) is 1.86. The maximum absolute atomic E-state index is 5.48. The Morgan fingerprint density at radius 2 is 1.89 bits per heavy atom. The van der Waals surface area contributed by atoms with Gasteiger partial charge < -0.3 is 9.73 Å². The van der Waals surface area contributed by atoms with Crippen LogP contribution in [0.3, 0.4) is 0 Å². The minimum Gasteiger partial charge on any atom is -0.441 e. The van der Waals surface area contributed by atoms with Crippen LogP contribution in [0.1, 0.15) is 5.89 Å². The molecule has 3 heteroatoms. The van der Waals surface area contributed by atoms with Crippen molar-refractivity contribution in [3.8, 4) is 11.1 Å². The quantitative estimate of drug-likeness (QED) is 0.737. The number of hydrogen-bond acceptors (Lipinski definition) is 3. The van der Waals surface area contributed by atoms with Gasteiger partial charge >= 0.3 is 0 Å². The predicted molar refractivity (Wildman–Crippen MR) is 73.7 cm³/mol. The third-order valence-corrected chi connectivity index (χ3v) is 2.98. The molecule has 18 heavy (non-hydrogen) atoms. The van der Waals surface area contributed by atoms with Crippen molar-refractivity contribution in [1.82, 2.24) is 4.98 Å². The second kappa shape index (κ2) is 4.18. The van der Waals surface area contributed by atoms with Crippen LogP contribution in [0.15, 0.2) is 46.9 Å². The molecule has 0 bridgehead atoms. The molecule has 3 nitrogen and oxygen atoms in total. The first-order valence-corrected chi connectivity index (χ1v) is 5.91. The van der Waals surface area contributed by atoms with E-state index in [0.29, 0.717) is 5.89 Å². The van der Waals surface area contributed by atoms with Gasteiger partial charge in [-0.1, -0.05) is 18.2 Å². The summed E-state index contributed by atoms with van der Waals surface area (Å²) >= 11 is 0. The number of rotatable bonds is 2. The van der Waals surface area contributed by atoms with Crippen molar-refractivity contribution in [3.05, 3.63) is 48.4 Å². The number of oxazole rings is 1. The number of nitrogens with one attached hydrogen (secondary N) is 1. The van der Waals surface area contributed by atoms with Gasteiger partial charge in [0.2, 0.25) is 0 Å². The lowest BCUT2D eigenvalue weighted by Gasteiger charge is -2.04. The molecule has 0 aliphatic heterocycles. The van der Waals surface area contributed by atoms with Crippen LogP contribution in [0.5, 0.6) is 0 Å². The maximum atomic E-state index is 5.48. The third-order valence-electron chi connectivity index (χ3n) is 2.98. The van der Waals surface area contributed by atoms with E-state index in [2.05, 4.69) is 34.6 Å². The fraction of sp³-hybridized carbons (Fsp3) is 0.133. The van der Waals surface area contributed by atoms with Crippen LogP contribution >= 0.6 is 0 Å². The molecule has 90 valence electrons. The molecule has 0 atom stereocenters. The topological polar surface area (TPSA) is 38.1 Å². The highest BCUT2D eigenvalue weighted by molar-refractivity contribution is 5.81. The normalized spacial score (nSPS) is 10.8. The zero-order valence-corrected chi connectivity index (χ0v) is 10.4. The van der Waals surface area contributed by atoms with Crippen LogP contribution in [-0.2, 0) is 0 Å². The summed E-state index contributed by atoms with van der Waals surface area (Å²) in [5, 5.41) is 3.14. The molecule has 3 rings (SSSR count). The van der Waals surface area contributed by atoms with Crippen LogP contribution in [0.25, 0.3) is 22.2 Å². The van der Waals surface area contributed by atoms with Crippen molar-refractivity contribution in [2.24, 2.45) is 0 Å². The van der Waals surface area contributed by atoms with E-state index < -0.39 is 0 Å². The SMILES string of the molecule is CNc1cccc(-c2ccc3oc(C)nc3c2)c1. The van der Waals surface area contributed by atoms with Crippen molar-refractivity contribution in [2.75, 3.05) is 12.4 Å². The number of anilines is 1. The Morgan fingerprint density at radius 3 is 2.72 bits per heavy atom. The van der Waals surface area contributed by atoms with E-state index in [1.807, 2.05) is 32.2 Å². The van der Waals surface area contributed by atoms with Crippen molar-refractivity contribution in [3.63, 3.8) is 0 Å². The van der Waals surface area contributed by atoms with E-state index in [0.717, 1.165) is 22.4 Å². The van der Waals surface area contributed by atoms with E-state index in [4.69, 9.17) is 4.42 Å². The fourth-order valence-corrected chi connectivity index (χ4v) is 2.08. The lowest BCUT2D eigenvalue weighted by atomic mass is 10.0. The van der Waals surface area contributed by atoms with E-state index in [9.17, 15) is 0 Å². The van der Waals surface area contributed by atoms with Crippen LogP contribution in [0.4, 0.5) is 5.69 Å². The molecule has 3 aromatic rings. The van der Waals surface area contributed by atoms with Gasteiger partial charge in [0.05, 0.1) is 0 Å². The summed E-state index contributed by atoms with van der Waals surface area (Å²) in [6.07, 6.45) is 0. The summed E-state index contributed by atoms with van der Waals surface area (Å²) in [6, 6.07) is 14.4. The minimum absolute atomic E-state index is 0.700. The van der Waals surface area contributed by atoms with E-state index in [1.165, 1.54) is 5.56 Å². The average molecular weight is 238 g/mol. The molecule has 1 heterocycles. The molecule has 1 N–H and O–H groups in total. The summed E-state index contributed by atoms with van der Waals surface area (Å²) in [4.78, 5) is 4.36. The van der Waals surface area contributed by atoms with Crippen LogP contribution in [0, 0.1) is 6.92 Å². The lowest BCUT2D eigenvalue weighted by Crippen LogP contribution is -1.87. The minimum atomic E-state index is 0.700. The van der Waals surface area contributed by atoms with E-state index in [-0.39, 0.29) is 0 Å². The average Bonchev–Trinajstić information content (AvgIpc) is 2.77. The molecule has 0 unspecified atom stereocenters. The van der Waals surface area contributed by atoms with Gasteiger partial charge in [-0.05, 0) is 35.4 Å². The van der Waals surface area contributed by atoms with Crippen LogP contribution < -0.4 is 5.32 Å². The summed E-state index contributed by atoms with van der Waals surface area (Å²) < 4.78 is 5.48. The predicted octanol–water partition coefficient (Wildman–Crippen LogP) is 3.84. The van der Waals surface area contributed by atoms with Gasteiger partial charge in [-0.2, -0.15) is 0 Å². The highest BCUT2D eigenvalue weighted by atomic mass is 16.3. The number of fused-ring (bicyclic) bond motifs is 1. The van der Waals surface area contributed by atoms with Gasteiger partial charge in [0.15, 0.2) is 11.5 Å². The van der Waals surface area contributed by atoms with Gasteiger partial charge in [-0.25, -0.2) is 4.98 Å². The number of nitrogens with zero attached hydrogens (tertiary/aromatic N) is 1. The zero-order valence-electron chi connectivity index (χ0n) is 10.4. The van der Waals surface area contributed by atoms with Crippen LogP contribution in [0.2, 0.25) is 0 Å². The van der Waals surface area contributed by atoms with E-state index >= 15 is 0 Å². The third kappa shape index (κ3) is 1.84. The standard InChI is InChI=1S/C15H14N2O/c1-10-17-14-9-12(6-7-15(14)18-10)11-4-3-5-13(8-11)16-2/h3-9,16H,1-2H3. The monoisotopic (exact) mass is 238 g/mol. The molecule has 0 aliphatic rings. The molecular weight excluding hydrogens is 224 g/mol. The Kier molecular flexibility index (Phi) is 2.52. The molecule has 0 amide bonds. The molecule has 2 aromatic carbocycles. The van der Waals surface area contributed by atoms with Gasteiger partial charge in [0.1, 0.15) is 5.52 Å². The van der Waals surface area contributed by atoms with Gasteiger partial charge in [-0.3, -0.25) is 0 Å². The second-order valence-electron chi connectivity index (χ2n) is 4.25. The van der Waals surface area contributed by atoms with Crippen LogP contribution in [-0.4, -0.2) is 12.0 Å². The maximum Gasteiger partial charge on any atom is 0.192 e. The Balaban J connectivity index is 2.12.